The Morgan fingerprint density at radius 3 is 2.22 bits per heavy atom. The van der Waals surface area contributed by atoms with Gasteiger partial charge in [0, 0.05) is 37.2 Å². The zero-order valence-corrected chi connectivity index (χ0v) is 21.6. The Labute approximate surface area is 231 Å². The first-order valence-corrected chi connectivity index (χ1v) is 12.4. The van der Waals surface area contributed by atoms with E-state index < -0.39 is 66.6 Å². The number of nitrogens with one attached hydrogen (secondary N) is 6. The lowest BCUT2D eigenvalue weighted by atomic mass is 10.1. The minimum atomic E-state index is -1.54. The first kappa shape index (κ1) is 30.2. The second-order valence-corrected chi connectivity index (χ2v) is 9.15. The average molecular weight is 575 g/mol. The number of hydrogen-bond donors (Lipinski definition) is 10. The molecule has 0 fully saturated rings. The van der Waals surface area contributed by atoms with Crippen molar-refractivity contribution in [2.75, 3.05) is 34.8 Å². The molecule has 0 saturated heterocycles. The fourth-order valence-corrected chi connectivity index (χ4v) is 3.91. The van der Waals surface area contributed by atoms with Crippen molar-refractivity contribution < 1.29 is 39.3 Å². The molecule has 2 amide bonds. The molecule has 0 radical (unpaired) electrons. The van der Waals surface area contributed by atoms with E-state index in [1.807, 2.05) is 0 Å². The monoisotopic (exact) mass is 574 g/mol. The van der Waals surface area contributed by atoms with Crippen LogP contribution in [0.25, 0.3) is 0 Å². The third-order valence-electron chi connectivity index (χ3n) is 6.03. The standard InChI is InChI=1S/C24H30N8O9/c25-24-31-19-18(22(39)32-24)28-13(10-27-19)9-26-12-3-1-11(2-4-12)20(37)29-14(5-7-16(33)34)21(38)30-15(23(40)41)6-8-17(35)36/h1-4,13-15,26,28H,5-10H2,(H,29,37)(H,30,38)(H,33,34)(H,35,36)(H,40,41)(H4,25,27,31,32,39)/t13?,14-,15-/m0/s1. The zero-order valence-electron chi connectivity index (χ0n) is 21.6. The third kappa shape index (κ3) is 8.84. The van der Waals surface area contributed by atoms with Crippen molar-refractivity contribution in [2.24, 2.45) is 0 Å². The predicted octanol–water partition coefficient (Wildman–Crippen LogP) is -0.932. The number of benzene rings is 1. The van der Waals surface area contributed by atoms with Gasteiger partial charge < -0.3 is 47.6 Å². The second kappa shape index (κ2) is 13.6. The van der Waals surface area contributed by atoms with Crippen LogP contribution in [-0.2, 0) is 19.2 Å². The highest BCUT2D eigenvalue weighted by molar-refractivity contribution is 5.98. The van der Waals surface area contributed by atoms with Crippen LogP contribution < -0.4 is 37.9 Å². The van der Waals surface area contributed by atoms with Gasteiger partial charge in [-0.25, -0.2) is 4.79 Å². The van der Waals surface area contributed by atoms with Crippen LogP contribution >= 0.6 is 0 Å². The quantitative estimate of drug-likeness (QED) is 0.130. The van der Waals surface area contributed by atoms with Gasteiger partial charge in [0.25, 0.3) is 11.5 Å². The molecule has 2 aromatic rings. The summed E-state index contributed by atoms with van der Waals surface area (Å²) >= 11 is 0. The average Bonchev–Trinajstić information content (AvgIpc) is 2.91. The lowest BCUT2D eigenvalue weighted by molar-refractivity contribution is -0.143. The number of nitrogens with zero attached hydrogens (tertiary/aromatic N) is 1. The highest BCUT2D eigenvalue weighted by atomic mass is 16.4. The van der Waals surface area contributed by atoms with Crippen LogP contribution in [0.4, 0.5) is 23.1 Å². The Balaban J connectivity index is 1.59. The molecule has 17 heteroatoms. The molecule has 3 rings (SSSR count). The molecule has 3 atom stereocenters. The van der Waals surface area contributed by atoms with Crippen LogP contribution in [0, 0.1) is 0 Å². The van der Waals surface area contributed by atoms with E-state index in [1.165, 1.54) is 12.1 Å². The minimum Gasteiger partial charge on any atom is -0.481 e. The summed E-state index contributed by atoms with van der Waals surface area (Å²) < 4.78 is 0. The Morgan fingerprint density at radius 2 is 1.61 bits per heavy atom. The molecule has 220 valence electrons. The van der Waals surface area contributed by atoms with Gasteiger partial charge in [-0.15, -0.1) is 0 Å². The number of hydrogen-bond acceptors (Lipinski definition) is 11. The maximum Gasteiger partial charge on any atom is 0.326 e. The molecule has 0 bridgehead atoms. The van der Waals surface area contributed by atoms with E-state index in [9.17, 15) is 33.9 Å². The van der Waals surface area contributed by atoms with E-state index in [0.717, 1.165) is 0 Å². The van der Waals surface area contributed by atoms with Gasteiger partial charge in [0.15, 0.2) is 5.82 Å². The van der Waals surface area contributed by atoms with Crippen LogP contribution in [-0.4, -0.2) is 86.2 Å². The van der Waals surface area contributed by atoms with E-state index in [1.54, 1.807) is 12.1 Å². The van der Waals surface area contributed by atoms with Gasteiger partial charge in [0.05, 0.1) is 6.04 Å². The highest BCUT2D eigenvalue weighted by Gasteiger charge is 2.28. The first-order valence-electron chi connectivity index (χ1n) is 12.4. The normalized spacial score (nSPS) is 15.2. The molecule has 1 aromatic heterocycles. The van der Waals surface area contributed by atoms with E-state index in [4.69, 9.17) is 15.9 Å². The SMILES string of the molecule is Nc1nc2c(c(=O)[nH]1)NC(CNc1ccc(C(=O)N[C@@H](CCC(=O)O)C(=O)N[C@@H](CCC(=O)O)C(=O)O)cc1)CN2. The number of aliphatic carboxylic acids is 3. The third-order valence-corrected chi connectivity index (χ3v) is 6.03. The molecular formula is C24H30N8O9. The molecule has 11 N–H and O–H groups in total. The fourth-order valence-electron chi connectivity index (χ4n) is 3.91. The van der Waals surface area contributed by atoms with Crippen LogP contribution in [0.15, 0.2) is 29.1 Å². The number of fused-ring (bicyclic) bond motifs is 1. The number of anilines is 4. The summed E-state index contributed by atoms with van der Waals surface area (Å²) in [4.78, 5) is 77.3. The first-order chi connectivity index (χ1) is 19.4. The van der Waals surface area contributed by atoms with Crippen molar-refractivity contribution in [1.29, 1.82) is 0 Å². The number of rotatable bonds is 14. The number of carbonyl (C=O) groups excluding carboxylic acids is 2. The Kier molecular flexibility index (Phi) is 10.0. The summed E-state index contributed by atoms with van der Waals surface area (Å²) in [5, 5.41) is 41.0. The van der Waals surface area contributed by atoms with Gasteiger partial charge >= 0.3 is 17.9 Å². The number of nitrogen functional groups attached to an aromatic ring is 1. The van der Waals surface area contributed by atoms with Gasteiger partial charge in [-0.05, 0) is 37.1 Å². The Bertz CT molecular complexity index is 1360. The van der Waals surface area contributed by atoms with Gasteiger partial charge in [0.2, 0.25) is 11.9 Å². The topological polar surface area (TPSA) is 278 Å². The van der Waals surface area contributed by atoms with Crippen molar-refractivity contribution >= 4 is 52.9 Å². The maximum absolute atomic E-state index is 12.8. The van der Waals surface area contributed by atoms with Crippen molar-refractivity contribution in [3.8, 4) is 0 Å². The lowest BCUT2D eigenvalue weighted by Crippen LogP contribution is -2.51. The molecular weight excluding hydrogens is 544 g/mol. The van der Waals surface area contributed by atoms with Gasteiger partial charge in [-0.3, -0.25) is 29.0 Å². The zero-order chi connectivity index (χ0) is 30.1. The van der Waals surface area contributed by atoms with Crippen molar-refractivity contribution in [2.45, 2.75) is 43.8 Å². The molecule has 2 heterocycles. The molecule has 17 nitrogen and oxygen atoms in total. The minimum absolute atomic E-state index is 0.00205. The van der Waals surface area contributed by atoms with Crippen molar-refractivity contribution in [3.63, 3.8) is 0 Å². The largest absolute Gasteiger partial charge is 0.481 e. The van der Waals surface area contributed by atoms with Gasteiger partial charge in [-0.1, -0.05) is 0 Å². The number of aromatic nitrogens is 2. The summed E-state index contributed by atoms with van der Waals surface area (Å²) in [6, 6.07) is 3.04. The summed E-state index contributed by atoms with van der Waals surface area (Å²) in [5.74, 6) is -5.27. The molecule has 1 aliphatic rings. The molecule has 1 aliphatic heterocycles. The molecule has 1 unspecified atom stereocenters. The molecule has 41 heavy (non-hydrogen) atoms. The smallest absolute Gasteiger partial charge is 0.326 e. The van der Waals surface area contributed by atoms with Crippen LogP contribution in [0.5, 0.6) is 0 Å². The second-order valence-electron chi connectivity index (χ2n) is 9.15. The maximum atomic E-state index is 12.8. The number of amides is 2. The summed E-state index contributed by atoms with van der Waals surface area (Å²) in [6.45, 7) is 0.848. The summed E-state index contributed by atoms with van der Waals surface area (Å²) in [5.41, 5.74) is 6.19. The van der Waals surface area contributed by atoms with Crippen molar-refractivity contribution in [1.82, 2.24) is 20.6 Å². The number of carboxylic acid groups (broad SMARTS) is 3. The number of carbonyl (C=O) groups is 5. The fraction of sp³-hybridized carbons (Fsp3) is 0.375. The van der Waals surface area contributed by atoms with Gasteiger partial charge in [-0.2, -0.15) is 4.98 Å². The van der Waals surface area contributed by atoms with Gasteiger partial charge in [0.1, 0.15) is 17.8 Å². The Hall–Kier alpha value is -5.35. The van der Waals surface area contributed by atoms with E-state index in [2.05, 4.69) is 36.6 Å². The summed E-state index contributed by atoms with van der Waals surface area (Å²) in [6.07, 6.45) is -1.73. The number of carboxylic acids is 3. The molecule has 0 saturated carbocycles. The molecule has 0 spiro atoms. The number of aromatic amines is 1. The number of nitrogens with two attached hydrogens (primary N) is 1. The van der Waals surface area contributed by atoms with Crippen LogP contribution in [0.3, 0.4) is 0 Å². The molecule has 0 aliphatic carbocycles. The van der Waals surface area contributed by atoms with Crippen LogP contribution in [0.1, 0.15) is 36.0 Å². The van der Waals surface area contributed by atoms with E-state index in [-0.39, 0.29) is 29.7 Å². The lowest BCUT2D eigenvalue weighted by Gasteiger charge is -2.27. The highest BCUT2D eigenvalue weighted by Crippen LogP contribution is 2.20. The Morgan fingerprint density at radius 1 is 0.976 bits per heavy atom. The molecule has 1 aromatic carbocycles. The van der Waals surface area contributed by atoms with E-state index >= 15 is 0 Å². The predicted molar refractivity (Wildman–Crippen MR) is 145 cm³/mol. The van der Waals surface area contributed by atoms with Crippen LogP contribution in [0.2, 0.25) is 0 Å². The van der Waals surface area contributed by atoms with Crippen molar-refractivity contribution in [3.05, 3.63) is 40.2 Å². The summed E-state index contributed by atoms with van der Waals surface area (Å²) in [7, 11) is 0. The van der Waals surface area contributed by atoms with E-state index in [0.29, 0.717) is 24.6 Å². The number of H-pyrrole nitrogens is 1.